The molecule has 0 heterocycles. The highest BCUT2D eigenvalue weighted by atomic mass is 15.2. The van der Waals surface area contributed by atoms with Gasteiger partial charge in [-0.1, -0.05) is 123 Å². The lowest BCUT2D eigenvalue weighted by Gasteiger charge is -2.30. The Kier molecular flexibility index (Phi) is 12.3. The number of hydrogen-bond acceptors (Lipinski definition) is 2. The fourth-order valence-electron chi connectivity index (χ4n) is 5.75. The van der Waals surface area contributed by atoms with Gasteiger partial charge in [0.05, 0.1) is 0 Å². The molecule has 0 aromatic heterocycles. The minimum Gasteiger partial charge on any atom is -0.335 e. The second kappa shape index (κ2) is 16.5. The van der Waals surface area contributed by atoms with Gasteiger partial charge in [-0.2, -0.15) is 0 Å². The van der Waals surface area contributed by atoms with E-state index in [9.17, 15) is 0 Å². The van der Waals surface area contributed by atoms with E-state index in [1.807, 2.05) is 18.2 Å². The zero-order valence-corrected chi connectivity index (χ0v) is 29.7. The Morgan fingerprint density at radius 1 is 0.750 bits per heavy atom. The van der Waals surface area contributed by atoms with E-state index >= 15 is 0 Å². The van der Waals surface area contributed by atoms with Gasteiger partial charge in [0.25, 0.3) is 0 Å². The molecule has 4 aromatic rings. The first kappa shape index (κ1) is 35.6. The largest absolute Gasteiger partial charge is 0.335 e. The van der Waals surface area contributed by atoms with Crippen molar-refractivity contribution in [2.45, 2.75) is 60.9 Å². The molecule has 48 heavy (non-hydrogen) atoms. The van der Waals surface area contributed by atoms with E-state index in [1.165, 1.54) is 16.7 Å². The van der Waals surface area contributed by atoms with Crippen molar-refractivity contribution in [3.8, 4) is 12.3 Å². The number of nitrogens with zero attached hydrogens (tertiary/aromatic N) is 2. The molecule has 4 rings (SSSR count). The summed E-state index contributed by atoms with van der Waals surface area (Å²) in [4.78, 5) is 4.61. The van der Waals surface area contributed by atoms with E-state index < -0.39 is 0 Å². The van der Waals surface area contributed by atoms with E-state index in [-0.39, 0.29) is 11.5 Å². The van der Waals surface area contributed by atoms with Crippen molar-refractivity contribution in [1.82, 2.24) is 0 Å². The Bertz CT molecular complexity index is 1800. The van der Waals surface area contributed by atoms with Crippen LogP contribution in [0.4, 0.5) is 22.7 Å². The van der Waals surface area contributed by atoms with Gasteiger partial charge in [-0.15, -0.1) is 6.42 Å². The quantitative estimate of drug-likeness (QED) is 0.113. The molecule has 0 bridgehead atoms. The van der Waals surface area contributed by atoms with Crippen molar-refractivity contribution < 1.29 is 0 Å². The first-order valence-corrected chi connectivity index (χ1v) is 16.7. The SMILES string of the molecule is C#C/C(=C\C=C(/C)N(c1ccccc1)c1ccc(C)cc1)c1ccc(N(c2ccc(C)cc2)C(C)/C=C\C(=C/C=C)CC(C)(C)C)cc1. The molecule has 0 aliphatic carbocycles. The summed E-state index contributed by atoms with van der Waals surface area (Å²) in [7, 11) is 0. The van der Waals surface area contributed by atoms with E-state index in [0.717, 1.165) is 46.0 Å². The van der Waals surface area contributed by atoms with Crippen molar-refractivity contribution in [2.24, 2.45) is 5.41 Å². The Balaban J connectivity index is 1.66. The van der Waals surface area contributed by atoms with Gasteiger partial charge in [0, 0.05) is 40.1 Å². The molecule has 0 saturated heterocycles. The van der Waals surface area contributed by atoms with Crippen LogP contribution in [0.25, 0.3) is 5.57 Å². The molecule has 0 aliphatic rings. The molecule has 0 radical (unpaired) electrons. The highest BCUT2D eigenvalue weighted by Crippen LogP contribution is 2.33. The van der Waals surface area contributed by atoms with Crippen LogP contribution in [0.15, 0.2) is 157 Å². The van der Waals surface area contributed by atoms with E-state index in [0.29, 0.717) is 0 Å². The summed E-state index contributed by atoms with van der Waals surface area (Å²) < 4.78 is 0. The topological polar surface area (TPSA) is 6.48 Å². The predicted octanol–water partition coefficient (Wildman–Crippen LogP) is 12.7. The zero-order chi connectivity index (χ0) is 34.7. The van der Waals surface area contributed by atoms with Gasteiger partial charge >= 0.3 is 0 Å². The Hall–Kier alpha value is -5.26. The van der Waals surface area contributed by atoms with Crippen molar-refractivity contribution in [3.63, 3.8) is 0 Å². The highest BCUT2D eigenvalue weighted by Gasteiger charge is 2.17. The van der Waals surface area contributed by atoms with Crippen LogP contribution in [0.2, 0.25) is 0 Å². The molecule has 0 saturated carbocycles. The van der Waals surface area contributed by atoms with Crippen LogP contribution in [0.3, 0.4) is 0 Å². The summed E-state index contributed by atoms with van der Waals surface area (Å²) in [5.74, 6) is 2.93. The molecular weight excluding hydrogens is 581 g/mol. The monoisotopic (exact) mass is 630 g/mol. The zero-order valence-electron chi connectivity index (χ0n) is 29.7. The molecule has 2 heteroatoms. The van der Waals surface area contributed by atoms with Gasteiger partial charge in [0.2, 0.25) is 0 Å². The lowest BCUT2D eigenvalue weighted by atomic mass is 9.87. The lowest BCUT2D eigenvalue weighted by Crippen LogP contribution is -2.26. The normalized spacial score (nSPS) is 13.2. The van der Waals surface area contributed by atoms with Gasteiger partial charge in [0.15, 0.2) is 0 Å². The van der Waals surface area contributed by atoms with Gasteiger partial charge in [-0.05, 0) is 111 Å². The Morgan fingerprint density at radius 3 is 1.79 bits per heavy atom. The number of rotatable bonds is 12. The summed E-state index contributed by atoms with van der Waals surface area (Å²) in [6.07, 6.45) is 19.7. The Morgan fingerprint density at radius 2 is 1.27 bits per heavy atom. The van der Waals surface area contributed by atoms with Crippen LogP contribution in [-0.4, -0.2) is 6.04 Å². The average Bonchev–Trinajstić information content (AvgIpc) is 3.06. The van der Waals surface area contributed by atoms with E-state index in [4.69, 9.17) is 6.42 Å². The third kappa shape index (κ3) is 9.87. The summed E-state index contributed by atoms with van der Waals surface area (Å²) >= 11 is 0. The molecule has 244 valence electrons. The molecule has 0 fully saturated rings. The first-order valence-electron chi connectivity index (χ1n) is 16.7. The van der Waals surface area contributed by atoms with Crippen LogP contribution in [0, 0.1) is 31.6 Å². The Labute approximate surface area is 290 Å². The van der Waals surface area contributed by atoms with E-state index in [1.54, 1.807) is 0 Å². The number of anilines is 4. The maximum Gasteiger partial charge on any atom is 0.0497 e. The minimum absolute atomic E-state index is 0.103. The molecule has 1 unspecified atom stereocenters. The third-order valence-electron chi connectivity index (χ3n) is 8.14. The predicted molar refractivity (Wildman–Crippen MR) is 211 cm³/mol. The number of para-hydroxylation sites is 1. The van der Waals surface area contributed by atoms with Gasteiger partial charge in [0.1, 0.15) is 0 Å². The number of allylic oxidation sites excluding steroid dienone is 8. The van der Waals surface area contributed by atoms with Crippen molar-refractivity contribution >= 4 is 28.3 Å². The summed E-state index contributed by atoms with van der Waals surface area (Å²) in [6.45, 7) is 19.3. The summed E-state index contributed by atoms with van der Waals surface area (Å²) in [5, 5.41) is 0. The maximum absolute atomic E-state index is 6.10. The van der Waals surface area contributed by atoms with Crippen LogP contribution in [-0.2, 0) is 0 Å². The number of hydrogen-bond donors (Lipinski definition) is 0. The number of aryl methyl sites for hydroxylation is 2. The smallest absolute Gasteiger partial charge is 0.0497 e. The van der Waals surface area contributed by atoms with E-state index in [2.05, 4.69) is 192 Å². The molecule has 0 amide bonds. The molecule has 0 spiro atoms. The number of benzene rings is 4. The molecule has 2 nitrogen and oxygen atoms in total. The second-order valence-corrected chi connectivity index (χ2v) is 13.6. The van der Waals surface area contributed by atoms with Crippen molar-refractivity contribution in [2.75, 3.05) is 9.80 Å². The molecule has 0 N–H and O–H groups in total. The van der Waals surface area contributed by atoms with Gasteiger partial charge < -0.3 is 9.80 Å². The standard InChI is InChI=1S/C46H50N2/c1-10-15-39(34-46(7,8)9)24-22-37(5)48(44-30-20-36(4)21-31-44)45-32-26-41(27-33-45)40(11-2)25-23-38(6)47(42-16-13-12-14-17-42)43-28-18-35(3)19-29-43/h2,10,12-33,37H,1,34H2,3-9H3/b24-22-,38-23+,39-15+,40-25+. The molecule has 0 aliphatic heterocycles. The molecule has 1 atom stereocenters. The summed E-state index contributed by atoms with van der Waals surface area (Å²) in [6, 6.07) is 36.4. The fraction of sp³-hybridized carbons (Fsp3) is 0.217. The third-order valence-corrected chi connectivity index (χ3v) is 8.14. The average molecular weight is 631 g/mol. The molecular formula is C46H50N2. The fourth-order valence-corrected chi connectivity index (χ4v) is 5.75. The lowest BCUT2D eigenvalue weighted by molar-refractivity contribution is 0.413. The maximum atomic E-state index is 6.10. The van der Waals surface area contributed by atoms with Crippen molar-refractivity contribution in [1.29, 1.82) is 0 Å². The second-order valence-electron chi connectivity index (χ2n) is 13.6. The first-order chi connectivity index (χ1) is 23.0. The van der Waals surface area contributed by atoms with Crippen LogP contribution < -0.4 is 9.80 Å². The summed E-state index contributed by atoms with van der Waals surface area (Å²) in [5.41, 5.74) is 11.2. The molecule has 4 aromatic carbocycles. The van der Waals surface area contributed by atoms with Crippen LogP contribution >= 0.6 is 0 Å². The van der Waals surface area contributed by atoms with Gasteiger partial charge in [-0.3, -0.25) is 0 Å². The van der Waals surface area contributed by atoms with Crippen molar-refractivity contribution in [3.05, 3.63) is 174 Å². The minimum atomic E-state index is 0.103. The highest BCUT2D eigenvalue weighted by molar-refractivity contribution is 5.81. The number of terminal acetylenes is 1. The van der Waals surface area contributed by atoms with Crippen LogP contribution in [0.5, 0.6) is 0 Å². The van der Waals surface area contributed by atoms with Crippen LogP contribution in [0.1, 0.15) is 57.7 Å². The van der Waals surface area contributed by atoms with Gasteiger partial charge in [-0.25, -0.2) is 0 Å².